The zero-order valence-corrected chi connectivity index (χ0v) is 15.9. The molecular formula is C17H16Cl2N2O4S. The van der Waals surface area contributed by atoms with Crippen molar-refractivity contribution in [3.8, 4) is 0 Å². The number of amides is 1. The average molecular weight is 415 g/mol. The van der Waals surface area contributed by atoms with E-state index in [0.29, 0.717) is 47.6 Å². The Morgan fingerprint density at radius 1 is 1.04 bits per heavy atom. The van der Waals surface area contributed by atoms with Crippen LogP contribution in [0.15, 0.2) is 47.4 Å². The summed E-state index contributed by atoms with van der Waals surface area (Å²) in [7, 11) is -3.59. The minimum atomic E-state index is -3.59. The molecule has 0 spiro atoms. The van der Waals surface area contributed by atoms with Crippen LogP contribution in [0.2, 0.25) is 10.0 Å². The smallest absolute Gasteiger partial charge is 0.255 e. The minimum absolute atomic E-state index is 0.136. The summed E-state index contributed by atoms with van der Waals surface area (Å²) < 4.78 is 31.7. The molecule has 3 rings (SSSR count). The van der Waals surface area contributed by atoms with E-state index >= 15 is 0 Å². The van der Waals surface area contributed by atoms with Gasteiger partial charge in [0.15, 0.2) is 0 Å². The van der Waals surface area contributed by atoms with Crippen LogP contribution in [-0.2, 0) is 14.8 Å². The molecule has 0 saturated carbocycles. The van der Waals surface area contributed by atoms with E-state index < -0.39 is 15.9 Å². The van der Waals surface area contributed by atoms with Gasteiger partial charge < -0.3 is 10.1 Å². The van der Waals surface area contributed by atoms with Gasteiger partial charge in [-0.3, -0.25) is 4.79 Å². The first-order chi connectivity index (χ1) is 12.4. The highest BCUT2D eigenvalue weighted by Crippen LogP contribution is 2.26. The number of morpholine rings is 1. The molecule has 0 bridgehead atoms. The lowest BCUT2D eigenvalue weighted by Crippen LogP contribution is -2.40. The number of carbonyl (C=O) groups is 1. The first kappa shape index (κ1) is 19.1. The maximum atomic E-state index is 12.6. The Kier molecular flexibility index (Phi) is 5.84. The van der Waals surface area contributed by atoms with Crippen LogP contribution in [0.5, 0.6) is 0 Å². The summed E-state index contributed by atoms with van der Waals surface area (Å²) in [5.74, 6) is -0.413. The van der Waals surface area contributed by atoms with E-state index in [0.717, 1.165) is 0 Å². The molecule has 1 amide bonds. The standard InChI is InChI=1S/C17H16Cl2N2O4S/c18-13-3-6-15(19)16(11-13)20-17(22)12-1-4-14(5-2-12)26(23,24)21-7-9-25-10-8-21/h1-6,11H,7-10H2,(H,20,22). The number of benzene rings is 2. The quantitative estimate of drug-likeness (QED) is 0.832. The van der Waals surface area contributed by atoms with Crippen LogP contribution in [-0.4, -0.2) is 44.9 Å². The molecule has 1 N–H and O–H groups in total. The topological polar surface area (TPSA) is 75.7 Å². The van der Waals surface area contributed by atoms with Crippen LogP contribution in [0.1, 0.15) is 10.4 Å². The summed E-state index contributed by atoms with van der Waals surface area (Å²) in [6, 6.07) is 10.5. The molecule has 2 aromatic rings. The van der Waals surface area contributed by atoms with Crippen molar-refractivity contribution in [2.75, 3.05) is 31.6 Å². The number of carbonyl (C=O) groups excluding carboxylic acids is 1. The highest BCUT2D eigenvalue weighted by molar-refractivity contribution is 7.89. The van der Waals surface area contributed by atoms with Gasteiger partial charge in [0, 0.05) is 23.7 Å². The Bertz CT molecular complexity index is 911. The van der Waals surface area contributed by atoms with Crippen molar-refractivity contribution in [2.24, 2.45) is 0 Å². The predicted octanol–water partition coefficient (Wildman–Crippen LogP) is 3.27. The van der Waals surface area contributed by atoms with Gasteiger partial charge in [0.25, 0.3) is 5.91 Å². The number of hydrogen-bond donors (Lipinski definition) is 1. The number of ether oxygens (including phenoxy) is 1. The zero-order valence-electron chi connectivity index (χ0n) is 13.6. The fourth-order valence-corrected chi connectivity index (χ4v) is 4.25. The number of halogens is 2. The van der Waals surface area contributed by atoms with Crippen molar-refractivity contribution in [3.63, 3.8) is 0 Å². The summed E-state index contributed by atoms with van der Waals surface area (Å²) in [5.41, 5.74) is 0.691. The van der Waals surface area contributed by atoms with Gasteiger partial charge in [-0.1, -0.05) is 23.2 Å². The Labute approximate surface area is 161 Å². The minimum Gasteiger partial charge on any atom is -0.379 e. The van der Waals surface area contributed by atoms with Gasteiger partial charge in [0.05, 0.1) is 28.8 Å². The van der Waals surface area contributed by atoms with E-state index in [-0.39, 0.29) is 4.90 Å². The Hall–Kier alpha value is -1.64. The molecule has 138 valence electrons. The number of sulfonamides is 1. The molecule has 0 unspecified atom stereocenters. The SMILES string of the molecule is O=C(Nc1cc(Cl)ccc1Cl)c1ccc(S(=O)(=O)N2CCOCC2)cc1. The van der Waals surface area contributed by atoms with Crippen LogP contribution in [0.3, 0.4) is 0 Å². The summed E-state index contributed by atoms with van der Waals surface area (Å²) in [5, 5.41) is 3.45. The van der Waals surface area contributed by atoms with Gasteiger partial charge in [0.2, 0.25) is 10.0 Å². The molecule has 1 heterocycles. The number of nitrogens with zero attached hydrogens (tertiary/aromatic N) is 1. The maximum Gasteiger partial charge on any atom is 0.255 e. The van der Waals surface area contributed by atoms with Crippen LogP contribution >= 0.6 is 23.2 Å². The molecule has 1 fully saturated rings. The van der Waals surface area contributed by atoms with Gasteiger partial charge in [-0.15, -0.1) is 0 Å². The molecule has 2 aromatic carbocycles. The van der Waals surface area contributed by atoms with Crippen molar-refractivity contribution < 1.29 is 17.9 Å². The van der Waals surface area contributed by atoms with Crippen LogP contribution in [0.4, 0.5) is 5.69 Å². The maximum absolute atomic E-state index is 12.6. The molecule has 1 aliphatic rings. The second-order valence-corrected chi connectivity index (χ2v) is 8.40. The van der Waals surface area contributed by atoms with E-state index in [1.165, 1.54) is 28.6 Å². The van der Waals surface area contributed by atoms with Crippen molar-refractivity contribution in [1.82, 2.24) is 4.31 Å². The van der Waals surface area contributed by atoms with Crippen molar-refractivity contribution in [1.29, 1.82) is 0 Å². The van der Waals surface area contributed by atoms with Gasteiger partial charge in [-0.25, -0.2) is 8.42 Å². The van der Waals surface area contributed by atoms with Gasteiger partial charge >= 0.3 is 0 Å². The monoisotopic (exact) mass is 414 g/mol. The first-order valence-corrected chi connectivity index (χ1v) is 10.0. The summed E-state index contributed by atoms with van der Waals surface area (Å²) >= 11 is 11.9. The van der Waals surface area contributed by atoms with Crippen molar-refractivity contribution in [3.05, 3.63) is 58.1 Å². The van der Waals surface area contributed by atoms with Gasteiger partial charge in [0.1, 0.15) is 0 Å². The van der Waals surface area contributed by atoms with Crippen molar-refractivity contribution >= 4 is 44.8 Å². The lowest BCUT2D eigenvalue weighted by molar-refractivity contribution is 0.0730. The molecule has 0 radical (unpaired) electrons. The summed E-state index contributed by atoms with van der Waals surface area (Å²) in [6.45, 7) is 1.38. The number of hydrogen-bond acceptors (Lipinski definition) is 4. The highest BCUT2D eigenvalue weighted by Gasteiger charge is 2.26. The fourth-order valence-electron chi connectivity index (χ4n) is 2.50. The lowest BCUT2D eigenvalue weighted by atomic mass is 10.2. The average Bonchev–Trinajstić information content (AvgIpc) is 2.65. The van der Waals surface area contributed by atoms with Crippen LogP contribution < -0.4 is 5.32 Å². The normalized spacial score (nSPS) is 15.6. The van der Waals surface area contributed by atoms with Gasteiger partial charge in [-0.05, 0) is 42.5 Å². The third kappa shape index (κ3) is 4.19. The molecule has 1 aliphatic heterocycles. The molecular weight excluding hydrogens is 399 g/mol. The molecule has 26 heavy (non-hydrogen) atoms. The van der Waals surface area contributed by atoms with Crippen molar-refractivity contribution in [2.45, 2.75) is 4.90 Å². The number of nitrogens with one attached hydrogen (secondary N) is 1. The molecule has 0 aromatic heterocycles. The predicted molar refractivity (Wildman–Crippen MR) is 100 cm³/mol. The second-order valence-electron chi connectivity index (χ2n) is 5.62. The zero-order chi connectivity index (χ0) is 18.7. The summed E-state index contributed by atoms with van der Waals surface area (Å²) in [6.07, 6.45) is 0. The van der Waals surface area contributed by atoms with Crippen LogP contribution in [0, 0.1) is 0 Å². The molecule has 6 nitrogen and oxygen atoms in total. The Morgan fingerprint density at radius 2 is 1.69 bits per heavy atom. The lowest BCUT2D eigenvalue weighted by Gasteiger charge is -2.26. The third-order valence-corrected chi connectivity index (χ3v) is 6.38. The van der Waals surface area contributed by atoms with E-state index in [9.17, 15) is 13.2 Å². The molecule has 0 aliphatic carbocycles. The van der Waals surface area contributed by atoms with E-state index in [1.54, 1.807) is 18.2 Å². The van der Waals surface area contributed by atoms with E-state index in [4.69, 9.17) is 27.9 Å². The molecule has 1 saturated heterocycles. The number of anilines is 1. The highest BCUT2D eigenvalue weighted by atomic mass is 35.5. The van der Waals surface area contributed by atoms with E-state index in [2.05, 4.69) is 5.32 Å². The fraction of sp³-hybridized carbons (Fsp3) is 0.235. The Morgan fingerprint density at radius 3 is 2.35 bits per heavy atom. The third-order valence-electron chi connectivity index (χ3n) is 3.90. The molecule has 0 atom stereocenters. The first-order valence-electron chi connectivity index (χ1n) is 7.82. The van der Waals surface area contributed by atoms with Crippen LogP contribution in [0.25, 0.3) is 0 Å². The largest absolute Gasteiger partial charge is 0.379 e. The van der Waals surface area contributed by atoms with Gasteiger partial charge in [-0.2, -0.15) is 4.31 Å². The summed E-state index contributed by atoms with van der Waals surface area (Å²) in [4.78, 5) is 12.5. The molecule has 9 heteroatoms. The number of rotatable bonds is 4. The second kappa shape index (κ2) is 7.94. The Balaban J connectivity index is 1.76. The van der Waals surface area contributed by atoms with E-state index in [1.807, 2.05) is 0 Å².